The zero-order valence-corrected chi connectivity index (χ0v) is 18.1. The Labute approximate surface area is 168 Å². The van der Waals surface area contributed by atoms with Crippen molar-refractivity contribution in [3.8, 4) is 0 Å². The largest absolute Gasteiger partial charge is 0.377 e. The van der Waals surface area contributed by atoms with E-state index in [-0.39, 0.29) is 35.5 Å². The average Bonchev–Trinajstić information content (AvgIpc) is 2.58. The number of ether oxygens (including phenoxy) is 1. The topological polar surface area (TPSA) is 74.8 Å². The van der Waals surface area contributed by atoms with Gasteiger partial charge in [0.05, 0.1) is 12.1 Å². The van der Waals surface area contributed by atoms with Crippen molar-refractivity contribution >= 4 is 35.8 Å². The molecule has 0 aliphatic carbocycles. The van der Waals surface area contributed by atoms with Gasteiger partial charge in [-0.05, 0) is 45.4 Å². The van der Waals surface area contributed by atoms with E-state index in [1.165, 1.54) is 0 Å². The first-order chi connectivity index (χ1) is 11.4. The van der Waals surface area contributed by atoms with Gasteiger partial charge in [-0.2, -0.15) is 0 Å². The highest BCUT2D eigenvalue weighted by Crippen LogP contribution is 2.07. The number of rotatable bonds is 8. The van der Waals surface area contributed by atoms with Crippen LogP contribution in [0.1, 0.15) is 43.6 Å². The van der Waals surface area contributed by atoms with Crippen LogP contribution in [0.3, 0.4) is 0 Å². The molecule has 0 aromatic heterocycles. The minimum atomic E-state index is -0.259. The molecule has 0 radical (unpaired) electrons. The van der Waals surface area contributed by atoms with Gasteiger partial charge in [0.1, 0.15) is 0 Å². The van der Waals surface area contributed by atoms with E-state index in [2.05, 4.69) is 20.9 Å². The highest BCUT2D eigenvalue weighted by atomic mass is 127. The summed E-state index contributed by atoms with van der Waals surface area (Å²) in [4.78, 5) is 16.3. The predicted molar refractivity (Wildman–Crippen MR) is 114 cm³/mol. The summed E-state index contributed by atoms with van der Waals surface area (Å²) >= 11 is 0. The molecule has 0 unspecified atom stereocenters. The van der Waals surface area contributed by atoms with E-state index in [9.17, 15) is 4.79 Å². The van der Waals surface area contributed by atoms with Crippen LogP contribution < -0.4 is 16.0 Å². The standard InChI is InChI=1S/C18H30N4O2.HI/c1-6-19-16(23)15-10-8-14(9-11-15)12-21-17(20-7-2)22-13-18(3,4)24-5;/h8-11H,6-7,12-13H2,1-5H3,(H,19,23)(H2,20,21,22);1H. The van der Waals surface area contributed by atoms with Gasteiger partial charge >= 0.3 is 0 Å². The highest BCUT2D eigenvalue weighted by Gasteiger charge is 2.16. The fraction of sp³-hybridized carbons (Fsp3) is 0.556. The first kappa shape index (κ1) is 23.6. The summed E-state index contributed by atoms with van der Waals surface area (Å²) < 4.78 is 5.40. The number of carbonyl (C=O) groups is 1. The minimum Gasteiger partial charge on any atom is -0.377 e. The molecule has 0 atom stereocenters. The number of amides is 1. The lowest BCUT2D eigenvalue weighted by Crippen LogP contribution is -2.45. The Kier molecular flexibility index (Phi) is 11.4. The number of halogens is 1. The normalized spacial score (nSPS) is 11.5. The van der Waals surface area contributed by atoms with Crippen LogP contribution in [-0.2, 0) is 11.3 Å². The van der Waals surface area contributed by atoms with Crippen LogP contribution >= 0.6 is 24.0 Å². The molecule has 0 bridgehead atoms. The van der Waals surface area contributed by atoms with Crippen LogP contribution in [0.5, 0.6) is 0 Å². The van der Waals surface area contributed by atoms with Crippen molar-refractivity contribution in [2.24, 2.45) is 4.99 Å². The van der Waals surface area contributed by atoms with Crippen LogP contribution in [0.15, 0.2) is 29.3 Å². The molecule has 1 aromatic rings. The Morgan fingerprint density at radius 1 is 1.08 bits per heavy atom. The van der Waals surface area contributed by atoms with Crippen LogP contribution in [0.4, 0.5) is 0 Å². The van der Waals surface area contributed by atoms with E-state index in [0.29, 0.717) is 25.2 Å². The summed E-state index contributed by atoms with van der Waals surface area (Å²) in [6.07, 6.45) is 0. The van der Waals surface area contributed by atoms with E-state index in [1.54, 1.807) is 7.11 Å². The van der Waals surface area contributed by atoms with E-state index in [0.717, 1.165) is 18.1 Å². The van der Waals surface area contributed by atoms with Crippen LogP contribution in [0, 0.1) is 0 Å². The summed E-state index contributed by atoms with van der Waals surface area (Å²) in [6, 6.07) is 7.50. The summed E-state index contributed by atoms with van der Waals surface area (Å²) in [6.45, 7) is 10.6. The lowest BCUT2D eigenvalue weighted by molar-refractivity contribution is 0.0268. The predicted octanol–water partition coefficient (Wildman–Crippen LogP) is 2.53. The minimum absolute atomic E-state index is 0. The molecule has 0 heterocycles. The monoisotopic (exact) mass is 462 g/mol. The van der Waals surface area contributed by atoms with Crippen LogP contribution in [-0.4, -0.2) is 44.2 Å². The van der Waals surface area contributed by atoms with Gasteiger partial charge in [0.2, 0.25) is 0 Å². The maximum atomic E-state index is 11.7. The van der Waals surface area contributed by atoms with E-state index >= 15 is 0 Å². The smallest absolute Gasteiger partial charge is 0.251 e. The Bertz CT molecular complexity index is 545. The molecule has 7 heteroatoms. The van der Waals surface area contributed by atoms with E-state index in [4.69, 9.17) is 4.74 Å². The zero-order chi connectivity index (χ0) is 18.0. The fourth-order valence-corrected chi connectivity index (χ4v) is 1.90. The number of methoxy groups -OCH3 is 1. The maximum absolute atomic E-state index is 11.7. The Morgan fingerprint density at radius 2 is 1.68 bits per heavy atom. The molecule has 6 nitrogen and oxygen atoms in total. The van der Waals surface area contributed by atoms with Crippen molar-refractivity contribution in [2.45, 2.75) is 39.8 Å². The quantitative estimate of drug-likeness (QED) is 0.316. The number of nitrogens with one attached hydrogen (secondary N) is 3. The SMILES string of the molecule is CCNC(=O)c1ccc(CN=C(NCC)NCC(C)(C)OC)cc1.I. The summed E-state index contributed by atoms with van der Waals surface area (Å²) in [5, 5.41) is 9.28. The molecule has 0 aliphatic rings. The number of aliphatic imine (C=N–C) groups is 1. The van der Waals surface area contributed by atoms with Gasteiger partial charge in [-0.1, -0.05) is 12.1 Å². The van der Waals surface area contributed by atoms with Gasteiger partial charge < -0.3 is 20.7 Å². The van der Waals surface area contributed by atoms with E-state index < -0.39 is 0 Å². The molecule has 1 amide bonds. The second kappa shape index (κ2) is 12.1. The van der Waals surface area contributed by atoms with Gasteiger partial charge in [0.15, 0.2) is 5.96 Å². The van der Waals surface area contributed by atoms with Gasteiger partial charge in [-0.3, -0.25) is 4.79 Å². The third-order valence-electron chi connectivity index (χ3n) is 3.55. The molecule has 142 valence electrons. The third kappa shape index (κ3) is 9.06. The molecule has 0 saturated heterocycles. The lowest BCUT2D eigenvalue weighted by atomic mass is 10.1. The Morgan fingerprint density at radius 3 is 2.20 bits per heavy atom. The molecule has 0 fully saturated rings. The first-order valence-electron chi connectivity index (χ1n) is 8.36. The number of guanidine groups is 1. The molecule has 0 aliphatic heterocycles. The zero-order valence-electron chi connectivity index (χ0n) is 15.8. The number of benzene rings is 1. The number of hydrogen-bond acceptors (Lipinski definition) is 3. The number of nitrogens with zero attached hydrogens (tertiary/aromatic N) is 1. The van der Waals surface area contributed by atoms with Crippen molar-refractivity contribution in [3.63, 3.8) is 0 Å². The number of hydrogen-bond donors (Lipinski definition) is 3. The number of carbonyl (C=O) groups excluding carboxylic acids is 1. The van der Waals surface area contributed by atoms with Crippen molar-refractivity contribution < 1.29 is 9.53 Å². The summed E-state index contributed by atoms with van der Waals surface area (Å²) in [7, 11) is 1.70. The van der Waals surface area contributed by atoms with Crippen molar-refractivity contribution in [3.05, 3.63) is 35.4 Å². The maximum Gasteiger partial charge on any atom is 0.251 e. The average molecular weight is 462 g/mol. The fourth-order valence-electron chi connectivity index (χ4n) is 1.90. The molecular weight excluding hydrogens is 431 g/mol. The molecule has 0 spiro atoms. The molecule has 3 N–H and O–H groups in total. The van der Waals surface area contributed by atoms with Crippen LogP contribution in [0.2, 0.25) is 0 Å². The second-order valence-corrected chi connectivity index (χ2v) is 6.07. The molecule has 1 rings (SSSR count). The third-order valence-corrected chi connectivity index (χ3v) is 3.55. The highest BCUT2D eigenvalue weighted by molar-refractivity contribution is 14.0. The first-order valence-corrected chi connectivity index (χ1v) is 8.36. The van der Waals surface area contributed by atoms with Gasteiger partial charge in [-0.15, -0.1) is 24.0 Å². The van der Waals surface area contributed by atoms with Crippen LogP contribution in [0.25, 0.3) is 0 Å². The molecule has 1 aromatic carbocycles. The summed E-state index contributed by atoms with van der Waals surface area (Å²) in [5.41, 5.74) is 1.45. The van der Waals surface area contributed by atoms with Crippen molar-refractivity contribution in [1.29, 1.82) is 0 Å². The molecule has 0 saturated carbocycles. The second-order valence-electron chi connectivity index (χ2n) is 6.07. The van der Waals surface area contributed by atoms with E-state index in [1.807, 2.05) is 52.0 Å². The van der Waals surface area contributed by atoms with Crippen molar-refractivity contribution in [1.82, 2.24) is 16.0 Å². The lowest BCUT2D eigenvalue weighted by Gasteiger charge is -2.24. The van der Waals surface area contributed by atoms with Gasteiger partial charge in [-0.25, -0.2) is 4.99 Å². The van der Waals surface area contributed by atoms with Crippen molar-refractivity contribution in [2.75, 3.05) is 26.7 Å². The Balaban J connectivity index is 0.00000576. The summed E-state index contributed by atoms with van der Waals surface area (Å²) in [5.74, 6) is 0.694. The van der Waals surface area contributed by atoms with Gasteiger partial charge in [0, 0.05) is 32.3 Å². The molecule has 25 heavy (non-hydrogen) atoms. The Hall–Kier alpha value is -1.35. The molecular formula is C18H31IN4O2. The van der Waals surface area contributed by atoms with Gasteiger partial charge in [0.25, 0.3) is 5.91 Å².